The maximum absolute atomic E-state index is 13.8. The molecule has 0 spiro atoms. The van der Waals surface area contributed by atoms with Gasteiger partial charge in [0.05, 0.1) is 0 Å². The Hall–Kier alpha value is -0.350. The fraction of sp³-hybridized carbons (Fsp3) is 0.875. The topological polar surface area (TPSA) is 52.2 Å². The number of carboxylic acids is 1. The molecule has 5 heteroatoms. The molecular weight excluding hydrogens is 197 g/mol. The minimum absolute atomic E-state index is 0. The summed E-state index contributed by atoms with van der Waals surface area (Å²) in [6, 6.07) is 0. The van der Waals surface area contributed by atoms with Gasteiger partial charge in [0.1, 0.15) is 5.67 Å². The Morgan fingerprint density at radius 3 is 2.38 bits per heavy atom. The minimum atomic E-state index is -1.57. The number of aliphatic carboxylic acids is 1. The van der Waals surface area contributed by atoms with Gasteiger partial charge >= 0.3 is 0 Å². The van der Waals surface area contributed by atoms with Crippen LogP contribution in [0, 0.1) is 5.92 Å². The van der Waals surface area contributed by atoms with Crippen molar-refractivity contribution in [3.05, 3.63) is 0 Å². The maximum atomic E-state index is 13.8. The first-order valence-corrected chi connectivity index (χ1v) is 4.17. The lowest BCUT2D eigenvalue weighted by atomic mass is 9.83. The summed E-state index contributed by atoms with van der Waals surface area (Å²) in [7, 11) is 0. The van der Waals surface area contributed by atoms with Gasteiger partial charge in [-0.3, -0.25) is 0 Å². The van der Waals surface area contributed by atoms with Crippen LogP contribution in [-0.2, 0) is 4.79 Å². The van der Waals surface area contributed by atoms with Gasteiger partial charge in [-0.1, -0.05) is 6.92 Å². The molecule has 0 saturated carbocycles. The second kappa shape index (κ2) is 4.77. The number of hydrogen-bond acceptors (Lipinski definition) is 3. The molecule has 0 aromatic rings. The van der Waals surface area contributed by atoms with Crippen LogP contribution in [0.25, 0.3) is 0 Å². The Bertz CT molecular complexity index is 183. The molecule has 1 aliphatic rings. The monoisotopic (exact) mass is 210 g/mol. The van der Waals surface area contributed by atoms with Crippen molar-refractivity contribution in [3.63, 3.8) is 0 Å². The first-order chi connectivity index (χ1) is 5.56. The number of carbonyl (C=O) groups is 1. The van der Waals surface area contributed by atoms with Crippen LogP contribution >= 0.6 is 12.4 Å². The van der Waals surface area contributed by atoms with Crippen molar-refractivity contribution in [2.24, 2.45) is 5.92 Å². The SMILES string of the molecule is CC(C(=O)[O-])C1(F)CCNCC1.Cl. The number of piperidine rings is 1. The van der Waals surface area contributed by atoms with E-state index < -0.39 is 17.6 Å². The summed E-state index contributed by atoms with van der Waals surface area (Å²) in [5, 5.41) is 13.4. The molecule has 1 unspecified atom stereocenters. The molecule has 13 heavy (non-hydrogen) atoms. The molecule has 1 N–H and O–H groups in total. The Kier molecular flexibility index (Phi) is 4.64. The second-order valence-electron chi connectivity index (χ2n) is 3.33. The van der Waals surface area contributed by atoms with Crippen molar-refractivity contribution in [2.45, 2.75) is 25.4 Å². The van der Waals surface area contributed by atoms with Crippen molar-refractivity contribution in [1.29, 1.82) is 0 Å². The summed E-state index contributed by atoms with van der Waals surface area (Å²) in [4.78, 5) is 10.4. The molecule has 3 nitrogen and oxygen atoms in total. The van der Waals surface area contributed by atoms with E-state index in [9.17, 15) is 14.3 Å². The van der Waals surface area contributed by atoms with E-state index in [4.69, 9.17) is 0 Å². The molecule has 1 heterocycles. The number of carboxylic acid groups (broad SMARTS) is 1. The van der Waals surface area contributed by atoms with Crippen LogP contribution in [0.3, 0.4) is 0 Å². The van der Waals surface area contributed by atoms with Crippen LogP contribution in [0.1, 0.15) is 19.8 Å². The van der Waals surface area contributed by atoms with E-state index in [0.29, 0.717) is 13.1 Å². The molecule has 1 atom stereocenters. The molecule has 0 amide bonds. The first-order valence-electron chi connectivity index (χ1n) is 4.17. The highest BCUT2D eigenvalue weighted by Crippen LogP contribution is 2.31. The van der Waals surface area contributed by atoms with Crippen molar-refractivity contribution < 1.29 is 14.3 Å². The number of hydrogen-bond donors (Lipinski definition) is 1. The molecule has 1 aliphatic heterocycles. The summed E-state index contributed by atoms with van der Waals surface area (Å²) in [5.41, 5.74) is -1.57. The third-order valence-corrected chi connectivity index (χ3v) is 2.56. The zero-order valence-electron chi connectivity index (χ0n) is 7.51. The van der Waals surface area contributed by atoms with Gasteiger partial charge in [-0.15, -0.1) is 12.4 Å². The van der Waals surface area contributed by atoms with Crippen LogP contribution in [0.4, 0.5) is 4.39 Å². The van der Waals surface area contributed by atoms with Gasteiger partial charge in [-0.2, -0.15) is 0 Å². The highest BCUT2D eigenvalue weighted by molar-refractivity contribution is 5.85. The van der Waals surface area contributed by atoms with Crippen molar-refractivity contribution in [3.8, 4) is 0 Å². The maximum Gasteiger partial charge on any atom is 0.121 e. The number of rotatable bonds is 2. The Morgan fingerprint density at radius 2 is 2.00 bits per heavy atom. The summed E-state index contributed by atoms with van der Waals surface area (Å²) < 4.78 is 13.8. The van der Waals surface area contributed by atoms with Gasteiger partial charge in [-0.05, 0) is 25.9 Å². The van der Waals surface area contributed by atoms with Gasteiger partial charge in [0.15, 0.2) is 0 Å². The lowest BCUT2D eigenvalue weighted by Crippen LogP contribution is -2.49. The average molecular weight is 211 g/mol. The standard InChI is InChI=1S/C8H14FNO2.ClH/c1-6(7(11)12)8(9)2-4-10-5-3-8;/h6,10H,2-5H2,1H3,(H,11,12);1H/p-1. The summed E-state index contributed by atoms with van der Waals surface area (Å²) in [5.74, 6) is -2.29. The molecule has 78 valence electrons. The molecule has 0 aliphatic carbocycles. The second-order valence-corrected chi connectivity index (χ2v) is 3.33. The van der Waals surface area contributed by atoms with Crippen molar-refractivity contribution in [1.82, 2.24) is 5.32 Å². The Morgan fingerprint density at radius 1 is 1.54 bits per heavy atom. The van der Waals surface area contributed by atoms with E-state index in [1.807, 2.05) is 0 Å². The fourth-order valence-electron chi connectivity index (χ4n) is 1.49. The minimum Gasteiger partial charge on any atom is -0.550 e. The highest BCUT2D eigenvalue weighted by Gasteiger charge is 2.37. The zero-order valence-corrected chi connectivity index (χ0v) is 8.32. The highest BCUT2D eigenvalue weighted by atomic mass is 35.5. The van der Waals surface area contributed by atoms with Gasteiger partial charge in [0, 0.05) is 11.9 Å². The average Bonchev–Trinajstić information content (AvgIpc) is 2.04. The lowest BCUT2D eigenvalue weighted by molar-refractivity contribution is -0.315. The van der Waals surface area contributed by atoms with E-state index in [0.717, 1.165) is 0 Å². The van der Waals surface area contributed by atoms with Crippen molar-refractivity contribution in [2.75, 3.05) is 13.1 Å². The van der Waals surface area contributed by atoms with E-state index in [1.165, 1.54) is 6.92 Å². The molecule has 0 aromatic carbocycles. The normalized spacial score (nSPS) is 22.9. The first kappa shape index (κ1) is 12.7. The Balaban J connectivity index is 0.00000144. The predicted octanol–water partition coefficient (Wildman–Crippen LogP) is -0.114. The number of alkyl halides is 1. The van der Waals surface area contributed by atoms with Crippen LogP contribution in [0.5, 0.6) is 0 Å². The predicted molar refractivity (Wildman–Crippen MR) is 47.4 cm³/mol. The third-order valence-electron chi connectivity index (χ3n) is 2.56. The van der Waals surface area contributed by atoms with Gasteiger partial charge in [0.2, 0.25) is 0 Å². The van der Waals surface area contributed by atoms with E-state index in [-0.39, 0.29) is 25.2 Å². The number of carbonyl (C=O) groups excluding carboxylic acids is 1. The molecule has 0 aromatic heterocycles. The van der Waals surface area contributed by atoms with E-state index >= 15 is 0 Å². The number of halogens is 2. The zero-order chi connectivity index (χ0) is 9.19. The van der Waals surface area contributed by atoms with Gasteiger partial charge < -0.3 is 15.2 Å². The summed E-state index contributed by atoms with van der Waals surface area (Å²) >= 11 is 0. The lowest BCUT2D eigenvalue weighted by Gasteiger charge is -2.35. The fourth-order valence-corrected chi connectivity index (χ4v) is 1.49. The molecule has 1 saturated heterocycles. The molecule has 0 radical (unpaired) electrons. The van der Waals surface area contributed by atoms with Crippen molar-refractivity contribution >= 4 is 18.4 Å². The molecule has 1 fully saturated rings. The van der Waals surface area contributed by atoms with Gasteiger partial charge in [-0.25, -0.2) is 4.39 Å². The summed E-state index contributed by atoms with van der Waals surface area (Å²) in [6.07, 6.45) is 0.532. The van der Waals surface area contributed by atoms with E-state index in [1.54, 1.807) is 0 Å². The van der Waals surface area contributed by atoms with Gasteiger partial charge in [0.25, 0.3) is 0 Å². The van der Waals surface area contributed by atoms with Crippen LogP contribution in [0.2, 0.25) is 0 Å². The summed E-state index contributed by atoms with van der Waals surface area (Å²) in [6.45, 7) is 2.48. The smallest absolute Gasteiger partial charge is 0.121 e. The molecule has 0 bridgehead atoms. The molecular formula is C8H14ClFNO2-. The Labute approximate surface area is 83.1 Å². The third kappa shape index (κ3) is 2.81. The van der Waals surface area contributed by atoms with Crippen LogP contribution < -0.4 is 10.4 Å². The van der Waals surface area contributed by atoms with Crippen LogP contribution in [0.15, 0.2) is 0 Å². The van der Waals surface area contributed by atoms with E-state index in [2.05, 4.69) is 5.32 Å². The number of nitrogens with one attached hydrogen (secondary N) is 1. The largest absolute Gasteiger partial charge is 0.550 e. The quantitative estimate of drug-likeness (QED) is 0.692. The van der Waals surface area contributed by atoms with Crippen LogP contribution in [-0.4, -0.2) is 24.7 Å². The molecule has 1 rings (SSSR count).